The van der Waals surface area contributed by atoms with Crippen molar-refractivity contribution in [3.63, 3.8) is 0 Å². The van der Waals surface area contributed by atoms with E-state index < -0.39 is 6.04 Å². The van der Waals surface area contributed by atoms with E-state index in [4.69, 9.17) is 10.2 Å². The first-order valence-electron chi connectivity index (χ1n) is 6.27. The largest absolute Gasteiger partial charge is 0.467 e. The molecule has 1 aromatic carbocycles. The topological polar surface area (TPSA) is 59.5 Å². The molecular weight excluding hydrogens is 240 g/mol. The average molecular weight is 258 g/mol. The molecule has 0 saturated carbocycles. The Balaban J connectivity index is 2.12. The molecule has 1 unspecified atom stereocenters. The molecule has 100 valence electrons. The summed E-state index contributed by atoms with van der Waals surface area (Å²) in [5, 5.41) is 0. The summed E-state index contributed by atoms with van der Waals surface area (Å²) in [6, 6.07) is 13.0. The molecule has 0 saturated heterocycles. The Hall–Kier alpha value is -2.07. The van der Waals surface area contributed by atoms with Gasteiger partial charge in [0, 0.05) is 6.54 Å². The zero-order valence-corrected chi connectivity index (χ0v) is 11.0. The van der Waals surface area contributed by atoms with E-state index in [-0.39, 0.29) is 5.91 Å². The van der Waals surface area contributed by atoms with E-state index in [0.29, 0.717) is 13.1 Å². The minimum atomic E-state index is -0.515. The highest BCUT2D eigenvalue weighted by Crippen LogP contribution is 2.11. The first kappa shape index (κ1) is 13.4. The second kappa shape index (κ2) is 6.20. The SMILES string of the molecule is CC(N)C(=O)N(Cc1ccccc1)Cc1ccco1. The fourth-order valence-electron chi connectivity index (χ4n) is 1.89. The van der Waals surface area contributed by atoms with Crippen molar-refractivity contribution in [1.82, 2.24) is 4.90 Å². The summed E-state index contributed by atoms with van der Waals surface area (Å²) in [5.41, 5.74) is 6.77. The molecule has 0 aliphatic rings. The molecule has 1 amide bonds. The van der Waals surface area contributed by atoms with Crippen LogP contribution in [0, 0.1) is 0 Å². The van der Waals surface area contributed by atoms with Crippen LogP contribution in [0.4, 0.5) is 0 Å². The predicted molar refractivity (Wildman–Crippen MR) is 73.1 cm³/mol. The number of furan rings is 1. The van der Waals surface area contributed by atoms with E-state index >= 15 is 0 Å². The minimum absolute atomic E-state index is 0.0831. The maximum Gasteiger partial charge on any atom is 0.239 e. The third kappa shape index (κ3) is 3.69. The average Bonchev–Trinajstić information content (AvgIpc) is 2.91. The Kier molecular flexibility index (Phi) is 4.36. The Morgan fingerprint density at radius 2 is 1.95 bits per heavy atom. The van der Waals surface area contributed by atoms with Crippen LogP contribution in [0.25, 0.3) is 0 Å². The molecule has 4 nitrogen and oxygen atoms in total. The van der Waals surface area contributed by atoms with Gasteiger partial charge in [0.25, 0.3) is 0 Å². The van der Waals surface area contributed by atoms with Crippen LogP contribution in [0.3, 0.4) is 0 Å². The number of hydrogen-bond acceptors (Lipinski definition) is 3. The van der Waals surface area contributed by atoms with Gasteiger partial charge >= 0.3 is 0 Å². The fourth-order valence-corrected chi connectivity index (χ4v) is 1.89. The van der Waals surface area contributed by atoms with Gasteiger partial charge in [-0.1, -0.05) is 30.3 Å². The molecular formula is C15H18N2O2. The molecule has 1 aromatic heterocycles. The summed E-state index contributed by atoms with van der Waals surface area (Å²) in [6.45, 7) is 2.66. The second-order valence-electron chi connectivity index (χ2n) is 4.55. The van der Waals surface area contributed by atoms with E-state index in [1.807, 2.05) is 42.5 Å². The van der Waals surface area contributed by atoms with Gasteiger partial charge in [0.1, 0.15) is 5.76 Å². The molecule has 0 radical (unpaired) electrons. The third-order valence-electron chi connectivity index (χ3n) is 2.84. The minimum Gasteiger partial charge on any atom is -0.467 e. The van der Waals surface area contributed by atoms with Crippen LogP contribution in [0.1, 0.15) is 18.2 Å². The lowest BCUT2D eigenvalue weighted by atomic mass is 10.2. The molecule has 4 heteroatoms. The second-order valence-corrected chi connectivity index (χ2v) is 4.55. The van der Waals surface area contributed by atoms with Gasteiger partial charge < -0.3 is 15.1 Å². The zero-order chi connectivity index (χ0) is 13.7. The summed E-state index contributed by atoms with van der Waals surface area (Å²) in [7, 11) is 0. The van der Waals surface area contributed by atoms with Gasteiger partial charge in [0.2, 0.25) is 5.91 Å². The van der Waals surface area contributed by atoms with Gasteiger partial charge in [-0.15, -0.1) is 0 Å². The Morgan fingerprint density at radius 3 is 2.53 bits per heavy atom. The van der Waals surface area contributed by atoms with Crippen molar-refractivity contribution in [2.75, 3.05) is 0 Å². The smallest absolute Gasteiger partial charge is 0.239 e. The number of nitrogens with two attached hydrogens (primary N) is 1. The van der Waals surface area contributed by atoms with E-state index in [2.05, 4.69) is 0 Å². The number of carbonyl (C=O) groups excluding carboxylic acids is 1. The molecule has 1 heterocycles. The Morgan fingerprint density at radius 1 is 1.21 bits per heavy atom. The van der Waals surface area contributed by atoms with Gasteiger partial charge in [0.15, 0.2) is 0 Å². The van der Waals surface area contributed by atoms with Gasteiger partial charge in [-0.3, -0.25) is 4.79 Å². The first-order chi connectivity index (χ1) is 9.16. The summed E-state index contributed by atoms with van der Waals surface area (Å²) in [4.78, 5) is 13.8. The summed E-state index contributed by atoms with van der Waals surface area (Å²) in [5.74, 6) is 0.671. The van der Waals surface area contributed by atoms with Crippen molar-refractivity contribution in [3.05, 3.63) is 60.1 Å². The van der Waals surface area contributed by atoms with Crippen LogP contribution in [0.5, 0.6) is 0 Å². The number of rotatable bonds is 5. The van der Waals surface area contributed by atoms with Crippen molar-refractivity contribution in [2.24, 2.45) is 5.73 Å². The maximum absolute atomic E-state index is 12.1. The standard InChI is InChI=1S/C15H18N2O2/c1-12(16)15(18)17(11-14-8-5-9-19-14)10-13-6-3-2-4-7-13/h2-9,12H,10-11,16H2,1H3. The van der Waals surface area contributed by atoms with E-state index in [1.54, 1.807) is 18.1 Å². The fraction of sp³-hybridized carbons (Fsp3) is 0.267. The lowest BCUT2D eigenvalue weighted by Crippen LogP contribution is -2.41. The van der Waals surface area contributed by atoms with Crippen LogP contribution < -0.4 is 5.73 Å². The molecule has 0 spiro atoms. The van der Waals surface area contributed by atoms with Crippen LogP contribution in [0.15, 0.2) is 53.1 Å². The van der Waals surface area contributed by atoms with Crippen molar-refractivity contribution in [1.29, 1.82) is 0 Å². The highest BCUT2D eigenvalue weighted by molar-refractivity contribution is 5.81. The summed E-state index contributed by atoms with van der Waals surface area (Å²) in [6.07, 6.45) is 1.60. The molecule has 1 atom stereocenters. The van der Waals surface area contributed by atoms with Crippen LogP contribution >= 0.6 is 0 Å². The zero-order valence-electron chi connectivity index (χ0n) is 11.0. The Bertz CT molecular complexity index is 506. The van der Waals surface area contributed by atoms with E-state index in [1.165, 1.54) is 0 Å². The predicted octanol–water partition coefficient (Wildman–Crippen LogP) is 2.16. The molecule has 19 heavy (non-hydrogen) atoms. The number of amides is 1. The monoisotopic (exact) mass is 258 g/mol. The van der Waals surface area contributed by atoms with Gasteiger partial charge in [-0.25, -0.2) is 0 Å². The molecule has 0 aliphatic carbocycles. The lowest BCUT2D eigenvalue weighted by molar-refractivity contribution is -0.133. The molecule has 2 aromatic rings. The highest BCUT2D eigenvalue weighted by Gasteiger charge is 2.18. The molecule has 0 fully saturated rings. The normalized spacial score (nSPS) is 12.1. The first-order valence-corrected chi connectivity index (χ1v) is 6.27. The van der Waals surface area contributed by atoms with Crippen molar-refractivity contribution in [2.45, 2.75) is 26.1 Å². The van der Waals surface area contributed by atoms with Gasteiger partial charge in [-0.05, 0) is 24.6 Å². The number of carbonyl (C=O) groups is 1. The summed E-state index contributed by atoms with van der Waals surface area (Å²) < 4.78 is 5.30. The van der Waals surface area contributed by atoms with Crippen molar-refractivity contribution >= 4 is 5.91 Å². The van der Waals surface area contributed by atoms with Crippen LogP contribution in [0.2, 0.25) is 0 Å². The number of nitrogens with zero attached hydrogens (tertiary/aromatic N) is 1. The molecule has 0 bridgehead atoms. The van der Waals surface area contributed by atoms with Crippen molar-refractivity contribution < 1.29 is 9.21 Å². The van der Waals surface area contributed by atoms with Crippen LogP contribution in [-0.4, -0.2) is 16.8 Å². The van der Waals surface area contributed by atoms with Gasteiger partial charge in [0.05, 0.1) is 18.8 Å². The molecule has 2 rings (SSSR count). The van der Waals surface area contributed by atoms with Crippen LogP contribution in [-0.2, 0) is 17.9 Å². The van der Waals surface area contributed by atoms with Gasteiger partial charge in [-0.2, -0.15) is 0 Å². The quantitative estimate of drug-likeness (QED) is 0.894. The molecule has 2 N–H and O–H groups in total. The Labute approximate surface area is 112 Å². The highest BCUT2D eigenvalue weighted by atomic mass is 16.3. The third-order valence-corrected chi connectivity index (χ3v) is 2.84. The van der Waals surface area contributed by atoms with E-state index in [9.17, 15) is 4.79 Å². The van der Waals surface area contributed by atoms with E-state index in [0.717, 1.165) is 11.3 Å². The summed E-state index contributed by atoms with van der Waals surface area (Å²) >= 11 is 0. The van der Waals surface area contributed by atoms with Crippen molar-refractivity contribution in [3.8, 4) is 0 Å². The number of hydrogen-bond donors (Lipinski definition) is 1. The maximum atomic E-state index is 12.1. The lowest BCUT2D eigenvalue weighted by Gasteiger charge is -2.23. The number of benzene rings is 1. The molecule has 0 aliphatic heterocycles.